The van der Waals surface area contributed by atoms with Crippen LogP contribution in [0, 0.1) is 0 Å². The second-order valence-electron chi connectivity index (χ2n) is 5.72. The Morgan fingerprint density at radius 3 is 2.48 bits per heavy atom. The number of amides is 2. The molecule has 1 aliphatic heterocycles. The third-order valence-corrected chi connectivity index (χ3v) is 4.18. The van der Waals surface area contributed by atoms with Crippen LogP contribution in [0.25, 0.3) is 11.1 Å². The fourth-order valence-corrected chi connectivity index (χ4v) is 2.82. The van der Waals surface area contributed by atoms with Gasteiger partial charge in [0.25, 0.3) is 5.91 Å². The van der Waals surface area contributed by atoms with Gasteiger partial charge in [0.2, 0.25) is 5.91 Å². The maximum atomic E-state index is 12.5. The lowest BCUT2D eigenvalue weighted by molar-refractivity contribution is -0.123. The Balaban J connectivity index is 1.83. The number of ether oxygens (including phenoxy) is 2. The first-order valence-electron chi connectivity index (χ1n) is 8.01. The van der Waals surface area contributed by atoms with Crippen molar-refractivity contribution in [1.29, 1.82) is 0 Å². The number of piperazine rings is 1. The van der Waals surface area contributed by atoms with Gasteiger partial charge >= 0.3 is 0 Å². The second-order valence-corrected chi connectivity index (χ2v) is 5.72. The molecule has 0 bridgehead atoms. The van der Waals surface area contributed by atoms with Gasteiger partial charge < -0.3 is 19.7 Å². The van der Waals surface area contributed by atoms with Crippen molar-refractivity contribution < 1.29 is 19.1 Å². The Morgan fingerprint density at radius 1 is 1.08 bits per heavy atom. The standard InChI is InChI=1S/C19H20N2O4/c1-24-15-7-8-16(17(11-15)25-2)13-3-5-14(6-4-13)19(23)21-10-9-20-18(22)12-21/h3-8,11H,9-10,12H2,1-2H3,(H,20,22). The van der Waals surface area contributed by atoms with Crippen LogP contribution in [0.2, 0.25) is 0 Å². The molecule has 0 aliphatic carbocycles. The normalized spacial score (nSPS) is 14.0. The Bertz CT molecular complexity index is 787. The van der Waals surface area contributed by atoms with Crippen molar-refractivity contribution in [1.82, 2.24) is 10.2 Å². The van der Waals surface area contributed by atoms with Crippen LogP contribution in [0.5, 0.6) is 11.5 Å². The molecule has 6 heteroatoms. The lowest BCUT2D eigenvalue weighted by atomic mass is 10.0. The molecule has 25 heavy (non-hydrogen) atoms. The number of methoxy groups -OCH3 is 2. The van der Waals surface area contributed by atoms with Crippen molar-refractivity contribution in [2.75, 3.05) is 33.9 Å². The molecule has 0 atom stereocenters. The first-order valence-corrected chi connectivity index (χ1v) is 8.01. The summed E-state index contributed by atoms with van der Waals surface area (Å²) in [5, 5.41) is 2.71. The number of nitrogens with one attached hydrogen (secondary N) is 1. The maximum absolute atomic E-state index is 12.5. The first kappa shape index (κ1) is 16.8. The lowest BCUT2D eigenvalue weighted by Gasteiger charge is -2.26. The zero-order chi connectivity index (χ0) is 17.8. The molecule has 1 fully saturated rings. The molecule has 0 spiro atoms. The van der Waals surface area contributed by atoms with E-state index in [-0.39, 0.29) is 18.4 Å². The molecule has 2 aromatic rings. The van der Waals surface area contributed by atoms with Gasteiger partial charge in [0.15, 0.2) is 0 Å². The van der Waals surface area contributed by atoms with Gasteiger partial charge in [-0.25, -0.2) is 0 Å². The van der Waals surface area contributed by atoms with E-state index in [1.165, 1.54) is 0 Å². The van der Waals surface area contributed by atoms with Gasteiger partial charge in [-0.2, -0.15) is 0 Å². The number of nitrogens with zero attached hydrogens (tertiary/aromatic N) is 1. The highest BCUT2D eigenvalue weighted by Crippen LogP contribution is 2.33. The summed E-state index contributed by atoms with van der Waals surface area (Å²) in [5.41, 5.74) is 2.41. The number of carbonyl (C=O) groups is 2. The van der Waals surface area contributed by atoms with E-state index in [1.54, 1.807) is 31.3 Å². The summed E-state index contributed by atoms with van der Waals surface area (Å²) in [4.78, 5) is 25.5. The molecule has 1 N–H and O–H groups in total. The lowest BCUT2D eigenvalue weighted by Crippen LogP contribution is -2.49. The summed E-state index contributed by atoms with van der Waals surface area (Å²) in [6.45, 7) is 1.12. The monoisotopic (exact) mass is 340 g/mol. The SMILES string of the molecule is COc1ccc(-c2ccc(C(=O)N3CCNC(=O)C3)cc2)c(OC)c1. The van der Waals surface area contributed by atoms with Crippen LogP contribution in [0.15, 0.2) is 42.5 Å². The molecule has 0 unspecified atom stereocenters. The maximum Gasteiger partial charge on any atom is 0.254 e. The average molecular weight is 340 g/mol. The molecule has 0 saturated carbocycles. The largest absolute Gasteiger partial charge is 0.497 e. The third kappa shape index (κ3) is 3.57. The minimum atomic E-state index is -0.136. The van der Waals surface area contributed by atoms with E-state index in [1.807, 2.05) is 30.3 Å². The van der Waals surface area contributed by atoms with Gasteiger partial charge in [0, 0.05) is 30.3 Å². The molecular weight excluding hydrogens is 320 g/mol. The van der Waals surface area contributed by atoms with Gasteiger partial charge in [-0.15, -0.1) is 0 Å². The highest BCUT2D eigenvalue weighted by atomic mass is 16.5. The molecule has 0 radical (unpaired) electrons. The summed E-state index contributed by atoms with van der Waals surface area (Å²) in [6.07, 6.45) is 0. The fourth-order valence-electron chi connectivity index (χ4n) is 2.82. The Labute approximate surface area is 146 Å². The van der Waals surface area contributed by atoms with Crippen molar-refractivity contribution >= 4 is 11.8 Å². The molecule has 2 aromatic carbocycles. The van der Waals surface area contributed by atoms with Crippen LogP contribution in [0.1, 0.15) is 10.4 Å². The number of rotatable bonds is 4. The van der Waals surface area contributed by atoms with Crippen LogP contribution in [-0.2, 0) is 4.79 Å². The number of benzene rings is 2. The first-order chi connectivity index (χ1) is 12.1. The molecule has 6 nitrogen and oxygen atoms in total. The van der Waals surface area contributed by atoms with E-state index in [2.05, 4.69) is 5.32 Å². The van der Waals surface area contributed by atoms with E-state index in [9.17, 15) is 9.59 Å². The second kappa shape index (κ2) is 7.25. The van der Waals surface area contributed by atoms with Crippen LogP contribution >= 0.6 is 0 Å². The van der Waals surface area contributed by atoms with Crippen molar-refractivity contribution in [2.45, 2.75) is 0 Å². The predicted octanol–water partition coefficient (Wildman–Crippen LogP) is 1.94. The van der Waals surface area contributed by atoms with Gasteiger partial charge in [-0.3, -0.25) is 9.59 Å². The molecule has 1 aliphatic rings. The summed E-state index contributed by atoms with van der Waals surface area (Å²) in [7, 11) is 3.22. The molecule has 2 amide bonds. The van der Waals surface area contributed by atoms with Gasteiger partial charge in [-0.05, 0) is 29.8 Å². The minimum Gasteiger partial charge on any atom is -0.497 e. The predicted molar refractivity (Wildman–Crippen MR) is 93.9 cm³/mol. The number of carbonyl (C=O) groups excluding carboxylic acids is 2. The summed E-state index contributed by atoms with van der Waals surface area (Å²) >= 11 is 0. The highest BCUT2D eigenvalue weighted by Gasteiger charge is 2.22. The van der Waals surface area contributed by atoms with E-state index in [4.69, 9.17) is 9.47 Å². The number of hydrogen-bond donors (Lipinski definition) is 1. The van der Waals surface area contributed by atoms with E-state index in [0.717, 1.165) is 16.9 Å². The van der Waals surface area contributed by atoms with Crippen molar-refractivity contribution in [3.63, 3.8) is 0 Å². The zero-order valence-electron chi connectivity index (χ0n) is 14.2. The van der Waals surface area contributed by atoms with Crippen LogP contribution in [-0.4, -0.2) is 50.6 Å². The fraction of sp³-hybridized carbons (Fsp3) is 0.263. The zero-order valence-corrected chi connectivity index (χ0v) is 14.2. The van der Waals surface area contributed by atoms with E-state index >= 15 is 0 Å². The molecule has 0 aromatic heterocycles. The average Bonchev–Trinajstić information content (AvgIpc) is 2.67. The Kier molecular flexibility index (Phi) is 4.88. The van der Waals surface area contributed by atoms with Crippen molar-refractivity contribution in [2.24, 2.45) is 0 Å². The van der Waals surface area contributed by atoms with E-state index < -0.39 is 0 Å². The van der Waals surface area contributed by atoms with Crippen LogP contribution in [0.4, 0.5) is 0 Å². The molecule has 1 saturated heterocycles. The van der Waals surface area contributed by atoms with Crippen molar-refractivity contribution in [3.8, 4) is 22.6 Å². The van der Waals surface area contributed by atoms with Gasteiger partial charge in [0.05, 0.1) is 20.8 Å². The summed E-state index contributed by atoms with van der Waals surface area (Å²) < 4.78 is 10.6. The van der Waals surface area contributed by atoms with Crippen LogP contribution in [0.3, 0.4) is 0 Å². The smallest absolute Gasteiger partial charge is 0.254 e. The third-order valence-electron chi connectivity index (χ3n) is 4.18. The molecule has 3 rings (SSSR count). The molecule has 130 valence electrons. The Hall–Kier alpha value is -3.02. The highest BCUT2D eigenvalue weighted by molar-refractivity contribution is 5.97. The minimum absolute atomic E-state index is 0.104. The molecular formula is C19H20N2O4. The number of hydrogen-bond acceptors (Lipinski definition) is 4. The van der Waals surface area contributed by atoms with Gasteiger partial charge in [0.1, 0.15) is 11.5 Å². The Morgan fingerprint density at radius 2 is 1.84 bits per heavy atom. The van der Waals surface area contributed by atoms with E-state index in [0.29, 0.717) is 24.4 Å². The summed E-state index contributed by atoms with van der Waals surface area (Å²) in [5.74, 6) is 1.16. The van der Waals surface area contributed by atoms with Crippen molar-refractivity contribution in [3.05, 3.63) is 48.0 Å². The van der Waals surface area contributed by atoms with Gasteiger partial charge in [-0.1, -0.05) is 12.1 Å². The summed E-state index contributed by atoms with van der Waals surface area (Å²) in [6, 6.07) is 12.9. The topological polar surface area (TPSA) is 67.9 Å². The van der Waals surface area contributed by atoms with Crippen LogP contribution < -0.4 is 14.8 Å². The quantitative estimate of drug-likeness (QED) is 0.924. The molecule has 1 heterocycles.